The highest BCUT2D eigenvalue weighted by molar-refractivity contribution is 5.99. The Labute approximate surface area is 502 Å². The summed E-state index contributed by atoms with van der Waals surface area (Å²) in [7, 11) is 8.42. The van der Waals surface area contributed by atoms with Crippen LogP contribution >= 0.6 is 0 Å². The summed E-state index contributed by atoms with van der Waals surface area (Å²) >= 11 is 0. The summed E-state index contributed by atoms with van der Waals surface area (Å²) in [6.07, 6.45) is 3.01. The highest BCUT2D eigenvalue weighted by atomic mass is 16.3. The number of rotatable bonds is 15. The Balaban J connectivity index is 4.26. The second-order valence-electron chi connectivity index (χ2n) is 25.7. The van der Waals surface area contributed by atoms with E-state index in [9.17, 15) is 57.8 Å². The summed E-state index contributed by atoms with van der Waals surface area (Å²) in [5, 5.41) is 25.8. The van der Waals surface area contributed by atoms with Gasteiger partial charge in [-0.15, -0.1) is 0 Å². The summed E-state index contributed by atoms with van der Waals surface area (Å²) in [5.74, 6) is -9.87. The van der Waals surface area contributed by atoms with E-state index in [1.165, 1.54) is 75.7 Å². The summed E-state index contributed by atoms with van der Waals surface area (Å²) in [5.41, 5.74) is 0. The van der Waals surface area contributed by atoms with Gasteiger partial charge in [-0.2, -0.15) is 0 Å². The zero-order valence-electron chi connectivity index (χ0n) is 55.1. The van der Waals surface area contributed by atoms with Crippen LogP contribution in [0.5, 0.6) is 0 Å². The molecular weight excluding hydrogens is 1080 g/mol. The number of likely N-dealkylation sites (N-methyl/N-ethyl adjacent to an activating group) is 6. The molecule has 0 saturated carbocycles. The maximum absolute atomic E-state index is 14.9. The second kappa shape index (κ2) is 34.7. The van der Waals surface area contributed by atoms with Gasteiger partial charge in [0, 0.05) is 42.3 Å². The number of hydrogen-bond donors (Lipinski definition) is 6. The van der Waals surface area contributed by atoms with Crippen molar-refractivity contribution in [2.24, 2.45) is 41.4 Å². The molecule has 12 atom stereocenters. The molecule has 1 saturated heterocycles. The van der Waals surface area contributed by atoms with Crippen molar-refractivity contribution in [2.75, 3.05) is 48.8 Å². The van der Waals surface area contributed by atoms with Gasteiger partial charge in [0.05, 0.1) is 12.6 Å². The van der Waals surface area contributed by atoms with Crippen LogP contribution in [-0.4, -0.2) is 215 Å². The van der Waals surface area contributed by atoms with E-state index in [1.807, 2.05) is 55.4 Å². The summed E-state index contributed by atoms with van der Waals surface area (Å²) in [6.45, 7) is 29.2. The minimum absolute atomic E-state index is 0.0217. The molecule has 0 bridgehead atoms. The smallest absolute Gasteiger partial charge is 0.246 e. The molecule has 1 aliphatic heterocycles. The minimum Gasteiger partial charge on any atom is -0.390 e. The lowest BCUT2D eigenvalue weighted by Gasteiger charge is -2.39. The fourth-order valence-electron chi connectivity index (χ4n) is 10.2. The van der Waals surface area contributed by atoms with Crippen LogP contribution in [0.4, 0.5) is 0 Å². The van der Waals surface area contributed by atoms with Gasteiger partial charge in [-0.1, -0.05) is 109 Å². The highest BCUT2D eigenvalue weighted by Gasteiger charge is 2.44. The zero-order valence-corrected chi connectivity index (χ0v) is 55.1. The normalized spacial score (nSPS) is 27.0. The number of amides is 11. The third-order valence-electron chi connectivity index (χ3n) is 15.7. The fraction of sp³-hybridized carbons (Fsp3) is 0.787. The van der Waals surface area contributed by atoms with E-state index in [0.29, 0.717) is 6.42 Å². The SMILES string of the molecule is C/C=C/C[C@@H](C)[C@@H](O)C1C(=O)NC(CC)C(=O)N(C)CC(=O)N(C)[C@H](CC(C)C)C(=O)N[C@H](C(C)C)C(=O)N(C)[C@H](CC(C)C)C(=O)NC(C)C(=O)N[C@H](C)C(=O)N(C)[C@@H](CC(C)C)C(=O)N(C)[C@@H](CC(C)C)C(=O)NC(C(C)C)C(=O)N1C. The third kappa shape index (κ3) is 21.7. The summed E-state index contributed by atoms with van der Waals surface area (Å²) in [4.78, 5) is 166. The van der Waals surface area contributed by atoms with Gasteiger partial charge in [-0.3, -0.25) is 52.7 Å². The first kappa shape index (κ1) is 75.9. The number of carbonyl (C=O) groups is 11. The fourth-order valence-corrected chi connectivity index (χ4v) is 10.2. The van der Waals surface area contributed by atoms with Gasteiger partial charge in [0.1, 0.15) is 60.4 Å². The van der Waals surface area contributed by atoms with Crippen molar-refractivity contribution in [2.45, 2.75) is 223 Å². The first-order valence-electron chi connectivity index (χ1n) is 30.2. The van der Waals surface area contributed by atoms with Crippen molar-refractivity contribution in [3.63, 3.8) is 0 Å². The maximum Gasteiger partial charge on any atom is 0.246 e. The Hall–Kier alpha value is -6.13. The molecule has 4 unspecified atom stereocenters. The molecule has 6 N–H and O–H groups in total. The van der Waals surface area contributed by atoms with Gasteiger partial charge < -0.3 is 61.1 Å². The van der Waals surface area contributed by atoms with Crippen LogP contribution in [0.3, 0.4) is 0 Å². The van der Waals surface area contributed by atoms with Crippen molar-refractivity contribution in [3.05, 3.63) is 12.2 Å². The lowest BCUT2D eigenvalue weighted by atomic mass is 9.91. The van der Waals surface area contributed by atoms with Crippen LogP contribution in [0.25, 0.3) is 0 Å². The predicted octanol–water partition coefficient (Wildman–Crippen LogP) is 2.93. The van der Waals surface area contributed by atoms with E-state index in [0.717, 1.165) is 9.80 Å². The van der Waals surface area contributed by atoms with E-state index < -0.39 is 156 Å². The first-order valence-corrected chi connectivity index (χ1v) is 30.2. The Bertz CT molecular complexity index is 2290. The molecular formula is C61H109N11O12. The molecule has 23 nitrogen and oxygen atoms in total. The van der Waals surface area contributed by atoms with E-state index in [1.54, 1.807) is 60.6 Å². The van der Waals surface area contributed by atoms with E-state index in [4.69, 9.17) is 0 Å². The topological polar surface area (TPSA) is 288 Å². The number of carbonyl (C=O) groups excluding carboxylic acids is 11. The highest BCUT2D eigenvalue weighted by Crippen LogP contribution is 2.23. The van der Waals surface area contributed by atoms with E-state index >= 15 is 0 Å². The van der Waals surface area contributed by atoms with Gasteiger partial charge in [-0.25, -0.2) is 0 Å². The van der Waals surface area contributed by atoms with Crippen LogP contribution in [0.2, 0.25) is 0 Å². The Morgan fingerprint density at radius 1 is 0.464 bits per heavy atom. The molecule has 0 radical (unpaired) electrons. The minimum atomic E-state index is -1.61. The Morgan fingerprint density at radius 3 is 1.26 bits per heavy atom. The van der Waals surface area contributed by atoms with Gasteiger partial charge >= 0.3 is 0 Å². The average Bonchev–Trinajstić information content (AvgIpc) is 3.62. The number of aliphatic hydroxyl groups excluding tert-OH is 1. The van der Waals surface area contributed by atoms with Crippen LogP contribution in [0, 0.1) is 41.4 Å². The maximum atomic E-state index is 14.9. The average molecular weight is 1190 g/mol. The molecule has 0 aliphatic carbocycles. The van der Waals surface area contributed by atoms with Crippen molar-refractivity contribution in [1.82, 2.24) is 56.0 Å². The standard InChI is InChI=1S/C61H109N11O12/c1-24-26-27-39(15)51(74)50-56(79)64-42(25-2)58(81)67(18)32-47(73)68(19)43(28-33(3)4)54(77)65-48(37(11)12)60(83)70(21)44(29-34(5)6)53(76)62-40(16)52(75)63-41(17)57(80)71(22)46(31-36(9)10)59(82)69(20)45(30-35(7)8)55(78)66-49(38(13)14)61(84)72(50)23/h24,26,33-46,48-51,74H,25,27-32H2,1-23H3,(H,62,76)(H,63,75)(H,64,79)(H,65,77)(H,66,78)/b26-24+/t39-,40?,41-,42?,43-,44-,45+,46+,48-,49?,50?,51-/m1/s1. The van der Waals surface area contributed by atoms with Gasteiger partial charge in [-0.05, 0) is 101 Å². The number of hydrogen-bond acceptors (Lipinski definition) is 12. The van der Waals surface area contributed by atoms with Crippen LogP contribution in [0.1, 0.15) is 156 Å². The van der Waals surface area contributed by atoms with E-state index in [2.05, 4.69) is 26.6 Å². The Kier molecular flexibility index (Phi) is 31.4. The third-order valence-corrected chi connectivity index (χ3v) is 15.7. The number of allylic oxidation sites excluding steroid dienone is 2. The molecule has 480 valence electrons. The van der Waals surface area contributed by atoms with Crippen molar-refractivity contribution in [1.29, 1.82) is 0 Å². The second-order valence-corrected chi connectivity index (χ2v) is 25.7. The molecule has 1 aliphatic rings. The molecule has 84 heavy (non-hydrogen) atoms. The van der Waals surface area contributed by atoms with Crippen molar-refractivity contribution >= 4 is 65.0 Å². The van der Waals surface area contributed by atoms with Crippen LogP contribution < -0.4 is 26.6 Å². The molecule has 1 fully saturated rings. The zero-order chi connectivity index (χ0) is 65.1. The van der Waals surface area contributed by atoms with Gasteiger partial charge in [0.25, 0.3) is 0 Å². The van der Waals surface area contributed by atoms with Crippen LogP contribution in [-0.2, 0) is 52.7 Å². The Morgan fingerprint density at radius 2 is 0.845 bits per heavy atom. The van der Waals surface area contributed by atoms with Crippen molar-refractivity contribution in [3.8, 4) is 0 Å². The molecule has 0 spiro atoms. The molecule has 0 aromatic heterocycles. The largest absolute Gasteiger partial charge is 0.390 e. The summed E-state index contributed by atoms with van der Waals surface area (Å²) < 4.78 is 0. The van der Waals surface area contributed by atoms with Crippen LogP contribution in [0.15, 0.2) is 12.2 Å². The van der Waals surface area contributed by atoms with Gasteiger partial charge in [0.2, 0.25) is 65.0 Å². The molecule has 1 heterocycles. The lowest BCUT2D eigenvalue weighted by Crippen LogP contribution is -2.63. The number of nitrogens with zero attached hydrogens (tertiary/aromatic N) is 6. The number of aliphatic hydroxyl groups is 1. The number of nitrogens with one attached hydrogen (secondary N) is 5. The lowest BCUT2D eigenvalue weighted by molar-refractivity contribution is -0.151. The van der Waals surface area contributed by atoms with Crippen molar-refractivity contribution < 1.29 is 57.8 Å². The molecule has 11 amide bonds. The molecule has 0 aromatic carbocycles. The first-order chi connectivity index (χ1) is 38.8. The quantitative estimate of drug-likeness (QED) is 0.129. The molecule has 1 rings (SSSR count). The summed E-state index contributed by atoms with van der Waals surface area (Å²) in [6, 6.07) is -12.4. The monoisotopic (exact) mass is 1190 g/mol. The predicted molar refractivity (Wildman–Crippen MR) is 324 cm³/mol. The van der Waals surface area contributed by atoms with E-state index in [-0.39, 0.29) is 55.8 Å². The van der Waals surface area contributed by atoms with Gasteiger partial charge in [0.15, 0.2) is 0 Å². The molecule has 0 aromatic rings. The molecule has 23 heteroatoms.